The molecular formula is C19H17ClF2N4O3. The van der Waals surface area contributed by atoms with Gasteiger partial charge in [0.05, 0.1) is 18.3 Å². The second kappa shape index (κ2) is 7.14. The normalized spacial score (nSPS) is 24.8. The molecule has 152 valence electrons. The summed E-state index contributed by atoms with van der Waals surface area (Å²) in [5.74, 6) is -1.18. The van der Waals surface area contributed by atoms with Gasteiger partial charge in [0.15, 0.2) is 0 Å². The van der Waals surface area contributed by atoms with Crippen molar-refractivity contribution in [2.24, 2.45) is 16.6 Å². The van der Waals surface area contributed by atoms with Crippen LogP contribution < -0.4 is 15.8 Å². The summed E-state index contributed by atoms with van der Waals surface area (Å²) >= 11 is 6.07. The van der Waals surface area contributed by atoms with Crippen molar-refractivity contribution in [1.82, 2.24) is 4.98 Å². The van der Waals surface area contributed by atoms with E-state index in [0.717, 1.165) is 6.07 Å². The molecule has 2 heterocycles. The lowest BCUT2D eigenvalue weighted by atomic mass is 9.85. The Morgan fingerprint density at radius 1 is 1.48 bits per heavy atom. The van der Waals surface area contributed by atoms with E-state index in [1.807, 2.05) is 0 Å². The van der Waals surface area contributed by atoms with Crippen LogP contribution in [-0.2, 0) is 10.3 Å². The van der Waals surface area contributed by atoms with Crippen LogP contribution in [0.15, 0.2) is 35.5 Å². The van der Waals surface area contributed by atoms with Crippen LogP contribution in [0.4, 0.5) is 14.5 Å². The Labute approximate surface area is 169 Å². The first-order valence-corrected chi connectivity index (χ1v) is 9.14. The van der Waals surface area contributed by atoms with Crippen LogP contribution in [0.1, 0.15) is 22.5 Å². The molecule has 10 heteroatoms. The number of halogens is 3. The van der Waals surface area contributed by atoms with Gasteiger partial charge in [-0.15, -0.1) is 0 Å². The Bertz CT molecular complexity index is 1020. The zero-order chi connectivity index (χ0) is 20.8. The molecule has 0 spiro atoms. The highest BCUT2D eigenvalue weighted by molar-refractivity contribution is 6.34. The number of amidine groups is 1. The maximum absolute atomic E-state index is 14.6. The summed E-state index contributed by atoms with van der Waals surface area (Å²) in [5, 5.41) is 2.69. The second-order valence-electron chi connectivity index (χ2n) is 6.86. The number of rotatable bonds is 5. The van der Waals surface area contributed by atoms with Gasteiger partial charge >= 0.3 is 0 Å². The molecule has 1 aliphatic carbocycles. The number of anilines is 1. The fraction of sp³-hybridized carbons (Fsp3) is 0.316. The van der Waals surface area contributed by atoms with Crippen molar-refractivity contribution in [1.29, 1.82) is 0 Å². The summed E-state index contributed by atoms with van der Waals surface area (Å²) in [6, 6.07) is 5.12. The number of carbonyl (C=O) groups excluding carboxylic acids is 1. The number of aliphatic imine (C=N–C) groups is 1. The van der Waals surface area contributed by atoms with Gasteiger partial charge in [-0.25, -0.2) is 18.8 Å². The van der Waals surface area contributed by atoms with Crippen LogP contribution in [0.5, 0.6) is 5.75 Å². The summed E-state index contributed by atoms with van der Waals surface area (Å²) in [6.45, 7) is -0.946. The molecule has 3 atom stereocenters. The predicted molar refractivity (Wildman–Crippen MR) is 102 cm³/mol. The Morgan fingerprint density at radius 2 is 2.28 bits per heavy atom. The fourth-order valence-corrected chi connectivity index (χ4v) is 3.79. The highest BCUT2D eigenvalue weighted by Crippen LogP contribution is 2.53. The Morgan fingerprint density at radius 3 is 2.97 bits per heavy atom. The monoisotopic (exact) mass is 422 g/mol. The Hall–Kier alpha value is -2.94. The number of fused-ring (bicyclic) bond motifs is 1. The van der Waals surface area contributed by atoms with Crippen molar-refractivity contribution in [2.45, 2.75) is 18.1 Å². The van der Waals surface area contributed by atoms with Crippen LogP contribution in [-0.4, -0.2) is 36.8 Å². The van der Waals surface area contributed by atoms with E-state index in [2.05, 4.69) is 15.3 Å². The summed E-state index contributed by atoms with van der Waals surface area (Å²) in [7, 11) is 1.45. The van der Waals surface area contributed by atoms with Crippen molar-refractivity contribution in [2.75, 3.05) is 19.1 Å². The van der Waals surface area contributed by atoms with Crippen molar-refractivity contribution >= 4 is 29.2 Å². The Balaban J connectivity index is 1.66. The minimum atomic E-state index is -1.48. The van der Waals surface area contributed by atoms with Gasteiger partial charge in [0.1, 0.15) is 35.6 Å². The third-order valence-corrected chi connectivity index (χ3v) is 5.38. The van der Waals surface area contributed by atoms with E-state index < -0.39 is 23.9 Å². The summed E-state index contributed by atoms with van der Waals surface area (Å²) in [4.78, 5) is 20.6. The third kappa shape index (κ3) is 3.35. The highest BCUT2D eigenvalue weighted by Gasteiger charge is 2.60. The van der Waals surface area contributed by atoms with Crippen LogP contribution in [0.3, 0.4) is 0 Å². The number of alkyl halides is 1. The van der Waals surface area contributed by atoms with Crippen LogP contribution in [0.25, 0.3) is 0 Å². The molecule has 1 unspecified atom stereocenters. The number of hydrogen-bond acceptors (Lipinski definition) is 6. The summed E-state index contributed by atoms with van der Waals surface area (Å²) in [5.41, 5.74) is 4.40. The molecule has 0 saturated heterocycles. The zero-order valence-corrected chi connectivity index (χ0v) is 16.0. The largest absolute Gasteiger partial charge is 0.495 e. The van der Waals surface area contributed by atoms with Crippen molar-refractivity contribution in [3.8, 4) is 5.75 Å². The van der Waals surface area contributed by atoms with E-state index >= 15 is 0 Å². The number of methoxy groups -OCH3 is 1. The third-order valence-electron chi connectivity index (χ3n) is 5.09. The average molecular weight is 423 g/mol. The smallest absolute Gasteiger partial charge is 0.283 e. The van der Waals surface area contributed by atoms with E-state index in [1.165, 1.54) is 31.5 Å². The number of benzene rings is 1. The molecule has 0 radical (unpaired) electrons. The molecule has 3 N–H and O–H groups in total. The number of amides is 1. The maximum atomic E-state index is 14.6. The SMILES string of the molecule is COc1cnc(C(=O)Nc2ccc(F)c([C@@]3(CF)N=C(N)O[C@@H]4CC43)c2)c(Cl)c1. The molecule has 2 aromatic rings. The number of hydrogen-bond donors (Lipinski definition) is 2. The summed E-state index contributed by atoms with van der Waals surface area (Å²) in [6.07, 6.45) is 1.58. The number of nitrogens with one attached hydrogen (secondary N) is 1. The topological polar surface area (TPSA) is 98.8 Å². The highest BCUT2D eigenvalue weighted by atomic mass is 35.5. The summed E-state index contributed by atoms with van der Waals surface area (Å²) < 4.78 is 39.1. The maximum Gasteiger partial charge on any atom is 0.283 e. The predicted octanol–water partition coefficient (Wildman–Crippen LogP) is 3.03. The van der Waals surface area contributed by atoms with Gasteiger partial charge < -0.3 is 20.5 Å². The molecule has 4 rings (SSSR count). The van der Waals surface area contributed by atoms with Crippen molar-refractivity contribution in [3.05, 3.63) is 52.6 Å². The van der Waals surface area contributed by atoms with E-state index in [4.69, 9.17) is 26.8 Å². The molecule has 0 bridgehead atoms. The lowest BCUT2D eigenvalue weighted by molar-refractivity contribution is 0.102. The van der Waals surface area contributed by atoms with Gasteiger partial charge in [0.25, 0.3) is 11.9 Å². The van der Waals surface area contributed by atoms with Crippen LogP contribution >= 0.6 is 11.6 Å². The van der Waals surface area contributed by atoms with Gasteiger partial charge in [-0.3, -0.25) is 4.79 Å². The molecule has 1 aliphatic heterocycles. The first kappa shape index (κ1) is 19.4. The first-order chi connectivity index (χ1) is 13.9. The molecule has 1 aromatic heterocycles. The minimum Gasteiger partial charge on any atom is -0.495 e. The number of ether oxygens (including phenoxy) is 2. The number of carbonyl (C=O) groups is 1. The standard InChI is InChI=1S/C19H17ClF2N4O3/c1-28-10-5-13(20)16(24-7-10)17(27)25-9-2-3-14(22)11(4-9)19(8-21)12-6-15(12)29-18(23)26-19/h2-5,7,12,15H,6,8H2,1H3,(H2,23,26)(H,25,27)/t12?,15-,19-/m1/s1. The van der Waals surface area contributed by atoms with Crippen molar-refractivity contribution < 1.29 is 23.0 Å². The van der Waals surface area contributed by atoms with Crippen LogP contribution in [0, 0.1) is 11.7 Å². The molecule has 29 heavy (non-hydrogen) atoms. The second-order valence-corrected chi connectivity index (χ2v) is 7.27. The molecule has 1 fully saturated rings. The number of nitrogens with two attached hydrogens (primary N) is 1. The zero-order valence-electron chi connectivity index (χ0n) is 15.3. The molecule has 1 saturated carbocycles. The van der Waals surface area contributed by atoms with Crippen LogP contribution in [0.2, 0.25) is 5.02 Å². The molecule has 1 aromatic carbocycles. The van der Waals surface area contributed by atoms with Gasteiger partial charge in [0, 0.05) is 23.2 Å². The first-order valence-electron chi connectivity index (χ1n) is 8.77. The number of pyridine rings is 1. The van der Waals surface area contributed by atoms with E-state index in [0.29, 0.717) is 12.2 Å². The van der Waals surface area contributed by atoms with Gasteiger partial charge in [-0.05, 0) is 24.6 Å². The minimum absolute atomic E-state index is 0.00494. The van der Waals surface area contributed by atoms with Gasteiger partial charge in [-0.1, -0.05) is 11.6 Å². The van der Waals surface area contributed by atoms with Gasteiger partial charge in [0.2, 0.25) is 0 Å². The molecule has 1 amide bonds. The molecule has 7 nitrogen and oxygen atoms in total. The van der Waals surface area contributed by atoms with E-state index in [-0.39, 0.29) is 40.0 Å². The average Bonchev–Trinajstić information content (AvgIpc) is 3.48. The lowest BCUT2D eigenvalue weighted by Crippen LogP contribution is -2.39. The quantitative estimate of drug-likeness (QED) is 0.771. The lowest BCUT2D eigenvalue weighted by Gasteiger charge is -2.31. The fourth-order valence-electron chi connectivity index (χ4n) is 3.55. The molecular weight excluding hydrogens is 406 g/mol. The number of nitrogens with zero attached hydrogens (tertiary/aromatic N) is 2. The molecule has 2 aliphatic rings. The van der Waals surface area contributed by atoms with E-state index in [9.17, 15) is 13.6 Å². The van der Waals surface area contributed by atoms with Crippen molar-refractivity contribution in [3.63, 3.8) is 0 Å². The van der Waals surface area contributed by atoms with E-state index in [1.54, 1.807) is 0 Å². The Kier molecular flexibility index (Phi) is 4.77. The van der Waals surface area contributed by atoms with Gasteiger partial charge in [-0.2, -0.15) is 0 Å². The number of aromatic nitrogens is 1.